The lowest BCUT2D eigenvalue weighted by atomic mass is 9.84. The highest BCUT2D eigenvalue weighted by Gasteiger charge is 2.18. The van der Waals surface area contributed by atoms with E-state index in [9.17, 15) is 0 Å². The molecular weight excluding hydrogens is 214 g/mol. The van der Waals surface area contributed by atoms with Gasteiger partial charge in [0, 0.05) is 6.04 Å². The van der Waals surface area contributed by atoms with Gasteiger partial charge in [-0.3, -0.25) is 0 Å². The Morgan fingerprint density at radius 1 is 1.25 bits per heavy atom. The molecule has 0 saturated heterocycles. The highest BCUT2D eigenvalue weighted by molar-refractivity contribution is 7.98. The Balaban J connectivity index is 2.23. The molecule has 1 N–H and O–H groups in total. The second-order valence-corrected chi connectivity index (χ2v) is 6.16. The minimum atomic E-state index is 0.787. The van der Waals surface area contributed by atoms with E-state index < -0.39 is 0 Å². The molecule has 16 heavy (non-hydrogen) atoms. The number of hydrogen-bond acceptors (Lipinski definition) is 2. The summed E-state index contributed by atoms with van der Waals surface area (Å²) in [7, 11) is 0. The summed E-state index contributed by atoms with van der Waals surface area (Å²) in [6.45, 7) is 3.46. The van der Waals surface area contributed by atoms with Crippen LogP contribution < -0.4 is 5.32 Å². The lowest BCUT2D eigenvalue weighted by Gasteiger charge is -2.27. The minimum absolute atomic E-state index is 0.787. The number of nitrogens with one attached hydrogen (secondary N) is 1. The summed E-state index contributed by atoms with van der Waals surface area (Å²) >= 11 is 1.99. The van der Waals surface area contributed by atoms with Crippen molar-refractivity contribution in [2.75, 3.05) is 18.6 Å². The van der Waals surface area contributed by atoms with E-state index in [1.165, 1.54) is 63.7 Å². The summed E-state index contributed by atoms with van der Waals surface area (Å²) in [5, 5.41) is 3.74. The first-order valence-electron chi connectivity index (χ1n) is 7.09. The van der Waals surface area contributed by atoms with Gasteiger partial charge in [-0.15, -0.1) is 0 Å². The third kappa shape index (κ3) is 6.15. The summed E-state index contributed by atoms with van der Waals surface area (Å²) < 4.78 is 0. The van der Waals surface area contributed by atoms with Crippen molar-refractivity contribution in [1.29, 1.82) is 0 Å². The molecule has 1 aliphatic rings. The van der Waals surface area contributed by atoms with Crippen molar-refractivity contribution in [3.63, 3.8) is 0 Å². The molecule has 1 unspecified atom stereocenters. The van der Waals surface area contributed by atoms with Gasteiger partial charge in [-0.1, -0.05) is 39.0 Å². The topological polar surface area (TPSA) is 12.0 Å². The van der Waals surface area contributed by atoms with Crippen LogP contribution in [0.4, 0.5) is 0 Å². The van der Waals surface area contributed by atoms with E-state index in [1.54, 1.807) is 0 Å². The molecule has 0 heterocycles. The smallest absolute Gasteiger partial charge is 0.00775 e. The molecule has 0 spiro atoms. The maximum atomic E-state index is 3.74. The summed E-state index contributed by atoms with van der Waals surface area (Å²) in [5.74, 6) is 2.33. The average Bonchev–Trinajstić information content (AvgIpc) is 2.34. The zero-order valence-corrected chi connectivity index (χ0v) is 12.0. The Morgan fingerprint density at radius 3 is 2.62 bits per heavy atom. The normalized spacial score (nSPS) is 19.9. The molecule has 0 radical (unpaired) electrons. The monoisotopic (exact) mass is 243 g/mol. The number of rotatable bonds is 8. The van der Waals surface area contributed by atoms with Crippen LogP contribution in [0.2, 0.25) is 0 Å². The fourth-order valence-electron chi connectivity index (χ4n) is 2.74. The SMILES string of the molecule is CCCNC(CCSC)CC1CCCCC1. The van der Waals surface area contributed by atoms with Gasteiger partial charge in [0.2, 0.25) is 0 Å². The van der Waals surface area contributed by atoms with Crippen LogP contribution in [0.3, 0.4) is 0 Å². The molecule has 0 aromatic carbocycles. The van der Waals surface area contributed by atoms with E-state index in [4.69, 9.17) is 0 Å². The quantitative estimate of drug-likeness (QED) is 0.689. The van der Waals surface area contributed by atoms with Crippen LogP contribution in [0.5, 0.6) is 0 Å². The lowest BCUT2D eigenvalue weighted by molar-refractivity contribution is 0.295. The standard InChI is InChI=1S/C14H29NS/c1-3-10-15-14(9-11-16-2)12-13-7-5-4-6-8-13/h13-15H,3-12H2,1-2H3. The molecule has 96 valence electrons. The first-order chi connectivity index (χ1) is 7.86. The van der Waals surface area contributed by atoms with Gasteiger partial charge in [0.25, 0.3) is 0 Å². The molecule has 1 atom stereocenters. The molecular formula is C14H29NS. The van der Waals surface area contributed by atoms with Crippen LogP contribution in [0, 0.1) is 5.92 Å². The highest BCUT2D eigenvalue weighted by Crippen LogP contribution is 2.28. The van der Waals surface area contributed by atoms with Crippen LogP contribution in [0.15, 0.2) is 0 Å². The van der Waals surface area contributed by atoms with Gasteiger partial charge in [-0.05, 0) is 43.7 Å². The average molecular weight is 243 g/mol. The fraction of sp³-hybridized carbons (Fsp3) is 1.00. The van der Waals surface area contributed by atoms with Crippen LogP contribution >= 0.6 is 11.8 Å². The van der Waals surface area contributed by atoms with Crippen molar-refractivity contribution >= 4 is 11.8 Å². The summed E-state index contributed by atoms with van der Waals surface area (Å²) in [4.78, 5) is 0. The Labute approximate surface area is 106 Å². The predicted octanol–water partition coefficient (Wildman–Crippen LogP) is 4.08. The van der Waals surface area contributed by atoms with Crippen molar-refractivity contribution in [3.8, 4) is 0 Å². The maximum Gasteiger partial charge on any atom is 0.00775 e. The molecule has 0 bridgehead atoms. The second-order valence-electron chi connectivity index (χ2n) is 5.17. The second kappa shape index (κ2) is 9.35. The Hall–Kier alpha value is 0.310. The summed E-state index contributed by atoms with van der Waals surface area (Å²) in [6.07, 6.45) is 13.7. The van der Waals surface area contributed by atoms with Gasteiger partial charge in [0.15, 0.2) is 0 Å². The third-order valence-electron chi connectivity index (χ3n) is 3.70. The highest BCUT2D eigenvalue weighted by atomic mass is 32.2. The largest absolute Gasteiger partial charge is 0.314 e. The molecule has 1 aliphatic carbocycles. The molecule has 0 aliphatic heterocycles. The third-order valence-corrected chi connectivity index (χ3v) is 4.34. The van der Waals surface area contributed by atoms with Crippen LogP contribution in [-0.4, -0.2) is 24.6 Å². The molecule has 1 fully saturated rings. The van der Waals surface area contributed by atoms with E-state index in [2.05, 4.69) is 18.5 Å². The van der Waals surface area contributed by atoms with Gasteiger partial charge < -0.3 is 5.32 Å². The maximum absolute atomic E-state index is 3.74. The van der Waals surface area contributed by atoms with Crippen molar-refractivity contribution in [2.24, 2.45) is 5.92 Å². The van der Waals surface area contributed by atoms with E-state index in [-0.39, 0.29) is 0 Å². The van der Waals surface area contributed by atoms with Crippen LogP contribution in [0.25, 0.3) is 0 Å². The molecule has 2 heteroatoms. The van der Waals surface area contributed by atoms with Crippen molar-refractivity contribution in [2.45, 2.75) is 64.3 Å². The predicted molar refractivity (Wildman–Crippen MR) is 76.3 cm³/mol. The van der Waals surface area contributed by atoms with Crippen molar-refractivity contribution in [1.82, 2.24) is 5.32 Å². The summed E-state index contributed by atoms with van der Waals surface area (Å²) in [6, 6.07) is 0.787. The molecule has 1 nitrogen and oxygen atoms in total. The minimum Gasteiger partial charge on any atom is -0.314 e. The molecule has 0 aromatic rings. The number of thioether (sulfide) groups is 1. The lowest BCUT2D eigenvalue weighted by Crippen LogP contribution is -2.32. The Kier molecular flexibility index (Phi) is 8.40. The Bertz CT molecular complexity index is 147. The molecule has 1 saturated carbocycles. The van der Waals surface area contributed by atoms with Crippen LogP contribution in [0.1, 0.15) is 58.3 Å². The van der Waals surface area contributed by atoms with E-state index >= 15 is 0 Å². The van der Waals surface area contributed by atoms with E-state index in [0.717, 1.165) is 12.0 Å². The Morgan fingerprint density at radius 2 is 2.00 bits per heavy atom. The zero-order valence-electron chi connectivity index (χ0n) is 11.1. The van der Waals surface area contributed by atoms with Crippen molar-refractivity contribution < 1.29 is 0 Å². The van der Waals surface area contributed by atoms with Gasteiger partial charge >= 0.3 is 0 Å². The van der Waals surface area contributed by atoms with Gasteiger partial charge in [0.1, 0.15) is 0 Å². The first kappa shape index (κ1) is 14.4. The fourth-order valence-corrected chi connectivity index (χ4v) is 3.26. The van der Waals surface area contributed by atoms with E-state index in [1.807, 2.05) is 11.8 Å². The number of hydrogen-bond donors (Lipinski definition) is 1. The zero-order chi connectivity index (χ0) is 11.6. The first-order valence-corrected chi connectivity index (χ1v) is 8.48. The molecule has 1 rings (SSSR count). The van der Waals surface area contributed by atoms with Gasteiger partial charge in [-0.25, -0.2) is 0 Å². The van der Waals surface area contributed by atoms with Crippen molar-refractivity contribution in [3.05, 3.63) is 0 Å². The van der Waals surface area contributed by atoms with E-state index in [0.29, 0.717) is 0 Å². The van der Waals surface area contributed by atoms with Gasteiger partial charge in [-0.2, -0.15) is 11.8 Å². The van der Waals surface area contributed by atoms with Crippen LogP contribution in [-0.2, 0) is 0 Å². The molecule has 0 aromatic heterocycles. The molecule has 0 amide bonds. The van der Waals surface area contributed by atoms with Gasteiger partial charge in [0.05, 0.1) is 0 Å². The summed E-state index contributed by atoms with van der Waals surface area (Å²) in [5.41, 5.74) is 0.